The summed E-state index contributed by atoms with van der Waals surface area (Å²) in [7, 11) is 1.74. The maximum absolute atomic E-state index is 5.80. The Kier molecular flexibility index (Phi) is 3.97. The van der Waals surface area contributed by atoms with Crippen molar-refractivity contribution in [2.24, 2.45) is 5.73 Å². The molecule has 0 saturated heterocycles. The summed E-state index contributed by atoms with van der Waals surface area (Å²) in [5, 5.41) is 0. The SMILES string of the molecule is COCCN(c1ccc([C@@H](C)N)nc1)C1CC1. The summed E-state index contributed by atoms with van der Waals surface area (Å²) in [4.78, 5) is 6.79. The van der Waals surface area contributed by atoms with E-state index in [0.717, 1.165) is 18.8 Å². The molecule has 0 spiro atoms. The molecule has 1 aromatic heterocycles. The fraction of sp³-hybridized carbons (Fsp3) is 0.615. The second-order valence-electron chi connectivity index (χ2n) is 4.65. The van der Waals surface area contributed by atoms with Crippen LogP contribution in [0.2, 0.25) is 0 Å². The molecule has 0 aromatic carbocycles. The Morgan fingerprint density at radius 1 is 1.53 bits per heavy atom. The van der Waals surface area contributed by atoms with Crippen molar-refractivity contribution in [3.8, 4) is 0 Å². The first kappa shape index (κ1) is 12.3. The minimum absolute atomic E-state index is 0.00241. The van der Waals surface area contributed by atoms with Crippen LogP contribution in [-0.4, -0.2) is 31.3 Å². The number of hydrogen-bond acceptors (Lipinski definition) is 4. The highest BCUT2D eigenvalue weighted by molar-refractivity contribution is 5.47. The number of aromatic nitrogens is 1. The highest BCUT2D eigenvalue weighted by Gasteiger charge is 2.29. The molecule has 1 saturated carbocycles. The zero-order valence-corrected chi connectivity index (χ0v) is 10.6. The predicted octanol–water partition coefficient (Wildman–Crippen LogP) is 1.72. The third-order valence-electron chi connectivity index (χ3n) is 3.09. The summed E-state index contributed by atoms with van der Waals surface area (Å²) >= 11 is 0. The van der Waals surface area contributed by atoms with Crippen molar-refractivity contribution in [2.45, 2.75) is 31.8 Å². The number of anilines is 1. The van der Waals surface area contributed by atoms with Crippen LogP contribution >= 0.6 is 0 Å². The van der Waals surface area contributed by atoms with Crippen LogP contribution in [-0.2, 0) is 4.74 Å². The van der Waals surface area contributed by atoms with E-state index in [1.807, 2.05) is 19.2 Å². The van der Waals surface area contributed by atoms with Gasteiger partial charge in [-0.2, -0.15) is 0 Å². The second kappa shape index (κ2) is 5.47. The van der Waals surface area contributed by atoms with Gasteiger partial charge in [0.05, 0.1) is 24.2 Å². The topological polar surface area (TPSA) is 51.4 Å². The van der Waals surface area contributed by atoms with Crippen LogP contribution in [0.4, 0.5) is 5.69 Å². The average Bonchev–Trinajstić information content (AvgIpc) is 3.14. The number of nitrogens with two attached hydrogens (primary N) is 1. The lowest BCUT2D eigenvalue weighted by molar-refractivity contribution is 0.205. The van der Waals surface area contributed by atoms with Crippen molar-refractivity contribution in [2.75, 3.05) is 25.2 Å². The summed E-state index contributed by atoms with van der Waals surface area (Å²) in [5.74, 6) is 0. The molecule has 0 aliphatic heterocycles. The first-order valence-electron chi connectivity index (χ1n) is 6.19. The van der Waals surface area contributed by atoms with Crippen LogP contribution in [0, 0.1) is 0 Å². The average molecular weight is 235 g/mol. The molecular weight excluding hydrogens is 214 g/mol. The van der Waals surface area contributed by atoms with Gasteiger partial charge in [-0.1, -0.05) is 0 Å². The summed E-state index contributed by atoms with van der Waals surface area (Å²) in [5.41, 5.74) is 7.91. The molecule has 0 unspecified atom stereocenters. The number of methoxy groups -OCH3 is 1. The summed E-state index contributed by atoms with van der Waals surface area (Å²) in [6, 6.07) is 4.80. The molecule has 1 aromatic rings. The van der Waals surface area contributed by atoms with Gasteiger partial charge < -0.3 is 15.4 Å². The quantitative estimate of drug-likeness (QED) is 0.815. The van der Waals surface area contributed by atoms with Gasteiger partial charge in [-0.25, -0.2) is 0 Å². The van der Waals surface area contributed by atoms with E-state index in [2.05, 4.69) is 16.0 Å². The van der Waals surface area contributed by atoms with E-state index >= 15 is 0 Å². The zero-order valence-electron chi connectivity index (χ0n) is 10.6. The minimum atomic E-state index is -0.00241. The Balaban J connectivity index is 2.07. The highest BCUT2D eigenvalue weighted by atomic mass is 16.5. The van der Waals surface area contributed by atoms with Gasteiger partial charge in [0.2, 0.25) is 0 Å². The summed E-state index contributed by atoms with van der Waals surface area (Å²) in [6.45, 7) is 3.64. The molecule has 1 aliphatic rings. The van der Waals surface area contributed by atoms with Gasteiger partial charge in [-0.15, -0.1) is 0 Å². The minimum Gasteiger partial charge on any atom is -0.383 e. The zero-order chi connectivity index (χ0) is 12.3. The van der Waals surface area contributed by atoms with Gasteiger partial charge >= 0.3 is 0 Å². The molecule has 0 radical (unpaired) electrons. The van der Waals surface area contributed by atoms with Crippen LogP contribution < -0.4 is 10.6 Å². The Hall–Kier alpha value is -1.13. The van der Waals surface area contributed by atoms with Crippen LogP contribution in [0.3, 0.4) is 0 Å². The second-order valence-corrected chi connectivity index (χ2v) is 4.65. The van der Waals surface area contributed by atoms with Crippen molar-refractivity contribution < 1.29 is 4.74 Å². The molecule has 1 heterocycles. The van der Waals surface area contributed by atoms with Gasteiger partial charge in [0.25, 0.3) is 0 Å². The molecule has 0 amide bonds. The standard InChI is InChI=1S/C13H21N3O/c1-10(14)13-6-5-12(9-15-13)16(7-8-17-2)11-3-4-11/h5-6,9-11H,3-4,7-8,14H2,1-2H3/t10-/m1/s1. The fourth-order valence-electron chi connectivity index (χ4n) is 1.94. The molecule has 4 heteroatoms. The lowest BCUT2D eigenvalue weighted by Gasteiger charge is -2.24. The van der Waals surface area contributed by atoms with Crippen molar-refractivity contribution in [3.05, 3.63) is 24.0 Å². The molecule has 2 N–H and O–H groups in total. The van der Waals surface area contributed by atoms with Crippen molar-refractivity contribution >= 4 is 5.69 Å². The normalized spacial score (nSPS) is 16.9. The van der Waals surface area contributed by atoms with E-state index in [-0.39, 0.29) is 6.04 Å². The number of pyridine rings is 1. The van der Waals surface area contributed by atoms with E-state index < -0.39 is 0 Å². The fourth-order valence-corrected chi connectivity index (χ4v) is 1.94. The Morgan fingerprint density at radius 2 is 2.29 bits per heavy atom. The van der Waals surface area contributed by atoms with Crippen molar-refractivity contribution in [3.63, 3.8) is 0 Å². The predicted molar refractivity (Wildman–Crippen MR) is 69.1 cm³/mol. The van der Waals surface area contributed by atoms with Gasteiger partial charge in [0, 0.05) is 25.7 Å². The number of rotatable bonds is 6. The molecule has 1 aliphatic carbocycles. The van der Waals surface area contributed by atoms with E-state index in [0.29, 0.717) is 6.04 Å². The molecule has 1 fully saturated rings. The maximum Gasteiger partial charge on any atom is 0.0637 e. The Labute approximate surface area is 103 Å². The van der Waals surface area contributed by atoms with Crippen LogP contribution in [0.1, 0.15) is 31.5 Å². The third-order valence-corrected chi connectivity index (χ3v) is 3.09. The largest absolute Gasteiger partial charge is 0.383 e. The molecular formula is C13H21N3O. The lowest BCUT2D eigenvalue weighted by Crippen LogP contribution is -2.29. The van der Waals surface area contributed by atoms with Gasteiger partial charge in [-0.3, -0.25) is 4.98 Å². The van der Waals surface area contributed by atoms with Gasteiger partial charge in [0.15, 0.2) is 0 Å². The summed E-state index contributed by atoms with van der Waals surface area (Å²) in [6.07, 6.45) is 4.48. The Bertz CT molecular complexity index is 346. The van der Waals surface area contributed by atoms with Gasteiger partial charge in [-0.05, 0) is 31.9 Å². The van der Waals surface area contributed by atoms with E-state index in [4.69, 9.17) is 10.5 Å². The maximum atomic E-state index is 5.80. The van der Waals surface area contributed by atoms with Crippen LogP contribution in [0.5, 0.6) is 0 Å². The van der Waals surface area contributed by atoms with E-state index in [1.165, 1.54) is 18.5 Å². The van der Waals surface area contributed by atoms with E-state index in [9.17, 15) is 0 Å². The molecule has 17 heavy (non-hydrogen) atoms. The number of hydrogen-bond donors (Lipinski definition) is 1. The molecule has 2 rings (SSSR count). The van der Waals surface area contributed by atoms with Crippen LogP contribution in [0.15, 0.2) is 18.3 Å². The molecule has 4 nitrogen and oxygen atoms in total. The molecule has 1 atom stereocenters. The van der Waals surface area contributed by atoms with Crippen molar-refractivity contribution in [1.29, 1.82) is 0 Å². The smallest absolute Gasteiger partial charge is 0.0637 e. The Morgan fingerprint density at radius 3 is 2.76 bits per heavy atom. The summed E-state index contributed by atoms with van der Waals surface area (Å²) < 4.78 is 5.15. The first-order chi connectivity index (χ1) is 8.22. The number of nitrogens with zero attached hydrogens (tertiary/aromatic N) is 2. The molecule has 94 valence electrons. The van der Waals surface area contributed by atoms with E-state index in [1.54, 1.807) is 7.11 Å². The lowest BCUT2D eigenvalue weighted by atomic mass is 10.2. The highest BCUT2D eigenvalue weighted by Crippen LogP contribution is 2.31. The van der Waals surface area contributed by atoms with Crippen molar-refractivity contribution in [1.82, 2.24) is 4.98 Å². The molecule has 0 bridgehead atoms. The first-order valence-corrected chi connectivity index (χ1v) is 6.19. The monoisotopic (exact) mass is 235 g/mol. The number of ether oxygens (including phenoxy) is 1. The van der Waals surface area contributed by atoms with Crippen LogP contribution in [0.25, 0.3) is 0 Å². The third kappa shape index (κ3) is 3.17. The van der Waals surface area contributed by atoms with Gasteiger partial charge in [0.1, 0.15) is 0 Å².